The van der Waals surface area contributed by atoms with Gasteiger partial charge < -0.3 is 5.73 Å². The fraction of sp³-hybridized carbons (Fsp3) is 0.750. The monoisotopic (exact) mass is 155 g/mol. The van der Waals surface area contributed by atoms with E-state index in [1.807, 2.05) is 0 Å². The van der Waals surface area contributed by atoms with Crippen molar-refractivity contribution in [2.24, 2.45) is 11.7 Å². The van der Waals surface area contributed by atoms with Gasteiger partial charge in [0.1, 0.15) is 0 Å². The summed E-state index contributed by atoms with van der Waals surface area (Å²) in [5.41, 5.74) is 4.85. The van der Waals surface area contributed by atoms with Crippen LogP contribution in [0.5, 0.6) is 0 Å². The van der Waals surface area contributed by atoms with E-state index in [4.69, 9.17) is 28.9 Å². The third-order valence-electron chi connectivity index (χ3n) is 0.775. The average Bonchev–Trinajstić information content (AvgIpc) is 1.69. The number of primary amides is 1. The summed E-state index contributed by atoms with van der Waals surface area (Å²) in [7, 11) is 0. The molecule has 2 nitrogen and oxygen atoms in total. The van der Waals surface area contributed by atoms with Crippen molar-refractivity contribution in [1.82, 2.24) is 0 Å². The predicted molar refractivity (Wildman–Crippen MR) is 34.1 cm³/mol. The maximum absolute atomic E-state index is 10.2. The van der Waals surface area contributed by atoms with E-state index in [1.54, 1.807) is 0 Å². The molecule has 0 aliphatic rings. The Bertz CT molecular complexity index is 82.1. The minimum absolute atomic E-state index is 0.207. The minimum atomic E-state index is -0.435. The van der Waals surface area contributed by atoms with Crippen LogP contribution in [0.1, 0.15) is 0 Å². The number of hydrogen-bond acceptors (Lipinski definition) is 1. The first-order chi connectivity index (χ1) is 3.72. The first kappa shape index (κ1) is 8.05. The zero-order valence-corrected chi connectivity index (χ0v) is 5.74. The van der Waals surface area contributed by atoms with Crippen LogP contribution < -0.4 is 5.73 Å². The van der Waals surface area contributed by atoms with Crippen molar-refractivity contribution in [2.75, 3.05) is 11.8 Å². The van der Waals surface area contributed by atoms with Gasteiger partial charge in [-0.1, -0.05) is 0 Å². The van der Waals surface area contributed by atoms with Crippen LogP contribution in [-0.4, -0.2) is 17.7 Å². The first-order valence-electron chi connectivity index (χ1n) is 2.13. The summed E-state index contributed by atoms with van der Waals surface area (Å²) in [4.78, 5) is 10.2. The number of carbonyl (C=O) groups excluding carboxylic acids is 1. The van der Waals surface area contributed by atoms with Gasteiger partial charge in [0.2, 0.25) is 5.91 Å². The molecule has 0 aliphatic carbocycles. The summed E-state index contributed by atoms with van der Waals surface area (Å²) in [6.45, 7) is 0. The lowest BCUT2D eigenvalue weighted by Crippen LogP contribution is -2.25. The number of halogens is 2. The second-order valence-electron chi connectivity index (χ2n) is 1.41. The van der Waals surface area contributed by atoms with Gasteiger partial charge in [0, 0.05) is 11.8 Å². The smallest absolute Gasteiger partial charge is 0.222 e. The second-order valence-corrected chi connectivity index (χ2v) is 2.03. The van der Waals surface area contributed by atoms with Gasteiger partial charge in [-0.25, -0.2) is 0 Å². The third-order valence-corrected chi connectivity index (χ3v) is 1.52. The molecule has 2 N–H and O–H groups in total. The second kappa shape index (κ2) is 3.98. The van der Waals surface area contributed by atoms with E-state index in [9.17, 15) is 4.79 Å². The van der Waals surface area contributed by atoms with Gasteiger partial charge >= 0.3 is 0 Å². The van der Waals surface area contributed by atoms with Crippen molar-refractivity contribution in [1.29, 1.82) is 0 Å². The third kappa shape index (κ3) is 2.38. The zero-order chi connectivity index (χ0) is 6.57. The van der Waals surface area contributed by atoms with E-state index in [0.717, 1.165) is 0 Å². The molecule has 0 unspecified atom stereocenters. The fourth-order valence-electron chi connectivity index (χ4n) is 0.193. The van der Waals surface area contributed by atoms with Crippen LogP contribution in [0, 0.1) is 5.92 Å². The highest BCUT2D eigenvalue weighted by Gasteiger charge is 2.10. The maximum Gasteiger partial charge on any atom is 0.222 e. The highest BCUT2D eigenvalue weighted by molar-refractivity contribution is 6.22. The Hall–Kier alpha value is 0.0500. The van der Waals surface area contributed by atoms with E-state index in [0.29, 0.717) is 0 Å². The molecule has 0 atom stereocenters. The Morgan fingerprint density at radius 2 is 1.88 bits per heavy atom. The van der Waals surface area contributed by atoms with E-state index in [-0.39, 0.29) is 17.7 Å². The molecule has 0 radical (unpaired) electrons. The molecule has 48 valence electrons. The zero-order valence-electron chi connectivity index (χ0n) is 4.23. The molecular formula is C4H7Cl2NO. The normalized spacial score (nSPS) is 9.88. The quantitative estimate of drug-likeness (QED) is 0.596. The number of rotatable bonds is 3. The minimum Gasteiger partial charge on any atom is -0.369 e. The van der Waals surface area contributed by atoms with E-state index >= 15 is 0 Å². The number of amides is 1. The molecule has 0 aromatic carbocycles. The topological polar surface area (TPSA) is 43.1 Å². The molecule has 0 fully saturated rings. The SMILES string of the molecule is NC(=O)C(CCl)CCl. The molecule has 0 bridgehead atoms. The van der Waals surface area contributed by atoms with Gasteiger partial charge in [0.05, 0.1) is 5.92 Å². The molecule has 0 aromatic rings. The predicted octanol–water partition coefficient (Wildman–Crippen LogP) is 0.566. The Morgan fingerprint density at radius 1 is 1.50 bits per heavy atom. The standard InChI is InChI=1S/C4H7Cl2NO/c5-1-3(2-6)4(7)8/h3H,1-2H2,(H2,7,8). The summed E-state index contributed by atoms with van der Waals surface area (Å²) in [5.74, 6) is -0.397. The van der Waals surface area contributed by atoms with Crippen LogP contribution in [0.15, 0.2) is 0 Å². The van der Waals surface area contributed by atoms with Crippen molar-refractivity contribution in [3.63, 3.8) is 0 Å². The number of carbonyl (C=O) groups is 1. The molecule has 0 saturated carbocycles. The summed E-state index contributed by atoms with van der Waals surface area (Å²) in [6, 6.07) is 0. The molecule has 8 heavy (non-hydrogen) atoms. The Kier molecular flexibility index (Phi) is 4.01. The molecule has 0 aromatic heterocycles. The molecule has 0 heterocycles. The lowest BCUT2D eigenvalue weighted by atomic mass is 10.2. The van der Waals surface area contributed by atoms with Crippen LogP contribution in [0.4, 0.5) is 0 Å². The lowest BCUT2D eigenvalue weighted by Gasteiger charge is -2.01. The number of alkyl halides is 2. The van der Waals surface area contributed by atoms with Gasteiger partial charge in [0.15, 0.2) is 0 Å². The Balaban J connectivity index is 3.52. The fourth-order valence-corrected chi connectivity index (χ4v) is 0.827. The Morgan fingerprint density at radius 3 is 1.88 bits per heavy atom. The highest BCUT2D eigenvalue weighted by Crippen LogP contribution is 1.99. The number of nitrogens with two attached hydrogens (primary N) is 1. The molecular weight excluding hydrogens is 149 g/mol. The van der Waals surface area contributed by atoms with E-state index in [2.05, 4.69) is 0 Å². The molecule has 0 rings (SSSR count). The number of hydrogen-bond donors (Lipinski definition) is 1. The Labute approximate surface area is 57.9 Å². The van der Waals surface area contributed by atoms with Crippen LogP contribution >= 0.6 is 23.2 Å². The van der Waals surface area contributed by atoms with Crippen molar-refractivity contribution in [3.05, 3.63) is 0 Å². The van der Waals surface area contributed by atoms with Crippen molar-refractivity contribution >= 4 is 29.1 Å². The van der Waals surface area contributed by atoms with Gasteiger partial charge in [-0.2, -0.15) is 0 Å². The summed E-state index contributed by atoms with van der Waals surface area (Å²) in [5, 5.41) is 0. The molecule has 0 saturated heterocycles. The van der Waals surface area contributed by atoms with Crippen LogP contribution in [-0.2, 0) is 4.79 Å². The lowest BCUT2D eigenvalue weighted by molar-refractivity contribution is -0.120. The summed E-state index contributed by atoms with van der Waals surface area (Å²) >= 11 is 10.6. The maximum atomic E-state index is 10.2. The molecule has 0 spiro atoms. The van der Waals surface area contributed by atoms with Gasteiger partial charge in [-0.3, -0.25) is 4.79 Å². The summed E-state index contributed by atoms with van der Waals surface area (Å²) < 4.78 is 0. The molecule has 0 aliphatic heterocycles. The van der Waals surface area contributed by atoms with Crippen LogP contribution in [0.2, 0.25) is 0 Å². The summed E-state index contributed by atoms with van der Waals surface area (Å²) in [6.07, 6.45) is 0. The van der Waals surface area contributed by atoms with E-state index in [1.165, 1.54) is 0 Å². The van der Waals surface area contributed by atoms with Crippen LogP contribution in [0.25, 0.3) is 0 Å². The van der Waals surface area contributed by atoms with Gasteiger partial charge in [-0.15, -0.1) is 23.2 Å². The average molecular weight is 156 g/mol. The molecule has 4 heteroatoms. The first-order valence-corrected chi connectivity index (χ1v) is 3.20. The molecule has 1 amide bonds. The van der Waals surface area contributed by atoms with Crippen LogP contribution in [0.3, 0.4) is 0 Å². The van der Waals surface area contributed by atoms with Crippen molar-refractivity contribution in [2.45, 2.75) is 0 Å². The largest absolute Gasteiger partial charge is 0.369 e. The highest BCUT2D eigenvalue weighted by atomic mass is 35.5. The van der Waals surface area contributed by atoms with Gasteiger partial charge in [-0.05, 0) is 0 Å². The van der Waals surface area contributed by atoms with Gasteiger partial charge in [0.25, 0.3) is 0 Å². The van der Waals surface area contributed by atoms with E-state index < -0.39 is 5.91 Å². The van der Waals surface area contributed by atoms with Crippen molar-refractivity contribution in [3.8, 4) is 0 Å². The van der Waals surface area contributed by atoms with Crippen molar-refractivity contribution < 1.29 is 4.79 Å².